The Morgan fingerprint density at radius 2 is 1.62 bits per heavy atom. The lowest BCUT2D eigenvalue weighted by Gasteiger charge is -2.12. The summed E-state index contributed by atoms with van der Waals surface area (Å²) in [4.78, 5) is 26.6. The van der Waals surface area contributed by atoms with Crippen LogP contribution in [0.5, 0.6) is 5.75 Å². The molecule has 0 radical (unpaired) electrons. The Kier molecular flexibility index (Phi) is 6.31. The number of nitrogens with zero attached hydrogens (tertiary/aromatic N) is 3. The highest BCUT2D eigenvalue weighted by atomic mass is 16.5. The second-order valence-electron chi connectivity index (χ2n) is 8.68. The van der Waals surface area contributed by atoms with Gasteiger partial charge in [-0.25, -0.2) is 9.69 Å². The average Bonchev–Trinajstić information content (AvgIpc) is 3.36. The number of hydrogen-bond acceptors (Lipinski definition) is 4. The van der Waals surface area contributed by atoms with Crippen molar-refractivity contribution in [3.05, 3.63) is 119 Å². The standard InChI is InChI=1S/C30H24N4O3/c1-20-16-24(17-28-29(35)34(30(36)32-28)25-10-4-3-5-11-25)21(2)33(20)26-12-14-27(15-13-26)37-19-23-9-7-6-8-22(23)18-31/h3-17H,19H2,1-2H3,(H,32,36)/b28-17+. The van der Waals surface area contributed by atoms with E-state index < -0.39 is 6.03 Å². The molecule has 1 saturated heterocycles. The molecular formula is C30H24N4O3. The number of urea groups is 1. The van der Waals surface area contributed by atoms with Crippen molar-refractivity contribution in [1.29, 1.82) is 5.26 Å². The number of anilines is 1. The van der Waals surface area contributed by atoms with Crippen molar-refractivity contribution >= 4 is 23.7 Å². The fourth-order valence-corrected chi connectivity index (χ4v) is 4.44. The van der Waals surface area contributed by atoms with Crippen molar-refractivity contribution in [3.8, 4) is 17.5 Å². The van der Waals surface area contributed by atoms with Crippen molar-refractivity contribution in [3.63, 3.8) is 0 Å². The van der Waals surface area contributed by atoms with Gasteiger partial charge in [0.05, 0.1) is 17.3 Å². The van der Waals surface area contributed by atoms with Gasteiger partial charge in [-0.15, -0.1) is 0 Å². The first-order chi connectivity index (χ1) is 18.0. The minimum Gasteiger partial charge on any atom is -0.489 e. The zero-order valence-electron chi connectivity index (χ0n) is 20.4. The van der Waals surface area contributed by atoms with E-state index in [1.54, 1.807) is 36.4 Å². The van der Waals surface area contributed by atoms with Gasteiger partial charge < -0.3 is 14.6 Å². The van der Waals surface area contributed by atoms with Gasteiger partial charge in [-0.3, -0.25) is 4.79 Å². The highest BCUT2D eigenvalue weighted by molar-refractivity contribution is 6.28. The van der Waals surface area contributed by atoms with Crippen LogP contribution >= 0.6 is 0 Å². The van der Waals surface area contributed by atoms with Gasteiger partial charge in [0.25, 0.3) is 5.91 Å². The maximum atomic E-state index is 13.0. The predicted molar refractivity (Wildman–Crippen MR) is 141 cm³/mol. The van der Waals surface area contributed by atoms with Crippen molar-refractivity contribution < 1.29 is 14.3 Å². The highest BCUT2D eigenvalue weighted by Gasteiger charge is 2.35. The van der Waals surface area contributed by atoms with E-state index in [-0.39, 0.29) is 11.6 Å². The molecule has 0 unspecified atom stereocenters. The highest BCUT2D eigenvalue weighted by Crippen LogP contribution is 2.27. The SMILES string of the molecule is Cc1cc(/C=C2/NC(=O)N(c3ccccc3)C2=O)c(C)n1-c1ccc(OCc2ccccc2C#N)cc1. The minimum absolute atomic E-state index is 0.232. The maximum Gasteiger partial charge on any atom is 0.333 e. The summed E-state index contributed by atoms with van der Waals surface area (Å²) in [6.45, 7) is 4.27. The average molecular weight is 489 g/mol. The largest absolute Gasteiger partial charge is 0.489 e. The Bertz CT molecular complexity index is 1560. The minimum atomic E-state index is -0.468. The number of aromatic nitrogens is 1. The molecule has 1 aliphatic rings. The molecule has 0 atom stereocenters. The normalized spacial score (nSPS) is 14.1. The predicted octanol–water partition coefficient (Wildman–Crippen LogP) is 5.64. The van der Waals surface area contributed by atoms with Crippen LogP contribution in [-0.2, 0) is 11.4 Å². The van der Waals surface area contributed by atoms with Crippen LogP contribution in [0.2, 0.25) is 0 Å². The van der Waals surface area contributed by atoms with Gasteiger partial charge in [0.2, 0.25) is 0 Å². The fourth-order valence-electron chi connectivity index (χ4n) is 4.44. The van der Waals surface area contributed by atoms with E-state index in [2.05, 4.69) is 16.0 Å². The number of carbonyl (C=O) groups is 2. The van der Waals surface area contributed by atoms with Crippen LogP contribution in [0.15, 0.2) is 90.6 Å². The first-order valence-electron chi connectivity index (χ1n) is 11.8. The third-order valence-corrected chi connectivity index (χ3v) is 6.29. The summed E-state index contributed by atoms with van der Waals surface area (Å²) < 4.78 is 7.98. The van der Waals surface area contributed by atoms with Gasteiger partial charge >= 0.3 is 6.03 Å². The second kappa shape index (κ2) is 9.88. The Balaban J connectivity index is 1.35. The van der Waals surface area contributed by atoms with Crippen LogP contribution in [0.1, 0.15) is 28.1 Å². The molecule has 2 heterocycles. The molecule has 0 aliphatic carbocycles. The molecule has 0 saturated carbocycles. The monoisotopic (exact) mass is 488 g/mol. The first-order valence-corrected chi connectivity index (χ1v) is 11.8. The van der Waals surface area contributed by atoms with Crippen LogP contribution < -0.4 is 15.0 Å². The number of nitriles is 1. The molecule has 0 bridgehead atoms. The molecule has 0 spiro atoms. The number of carbonyl (C=O) groups excluding carboxylic acids is 2. The van der Waals surface area contributed by atoms with E-state index >= 15 is 0 Å². The number of imide groups is 1. The summed E-state index contributed by atoms with van der Waals surface area (Å²) in [5, 5.41) is 12.0. The molecule has 3 amide bonds. The number of para-hydroxylation sites is 1. The lowest BCUT2D eigenvalue weighted by molar-refractivity contribution is -0.113. The molecule has 7 heteroatoms. The first kappa shape index (κ1) is 23.6. The van der Waals surface area contributed by atoms with E-state index in [1.807, 2.05) is 68.4 Å². The van der Waals surface area contributed by atoms with Crippen molar-refractivity contribution in [2.45, 2.75) is 20.5 Å². The molecule has 3 aromatic carbocycles. The third kappa shape index (κ3) is 4.60. The van der Waals surface area contributed by atoms with Crippen LogP contribution in [0.25, 0.3) is 11.8 Å². The van der Waals surface area contributed by atoms with Crippen molar-refractivity contribution in [2.24, 2.45) is 0 Å². The molecule has 4 aromatic rings. The van der Waals surface area contributed by atoms with Gasteiger partial charge in [0, 0.05) is 22.6 Å². The summed E-state index contributed by atoms with van der Waals surface area (Å²) in [5.74, 6) is 0.307. The number of hydrogen-bond donors (Lipinski definition) is 1. The summed E-state index contributed by atoms with van der Waals surface area (Å²) in [6.07, 6.45) is 1.71. The zero-order chi connectivity index (χ0) is 25.9. The lowest BCUT2D eigenvalue weighted by atomic mass is 10.1. The van der Waals surface area contributed by atoms with Gasteiger partial charge in [-0.05, 0) is 74.0 Å². The molecule has 182 valence electrons. The Morgan fingerprint density at radius 3 is 2.35 bits per heavy atom. The lowest BCUT2D eigenvalue weighted by Crippen LogP contribution is -2.30. The molecule has 7 nitrogen and oxygen atoms in total. The summed E-state index contributed by atoms with van der Waals surface area (Å²) >= 11 is 0. The number of rotatable bonds is 6. The Labute approximate surface area is 214 Å². The fraction of sp³-hybridized carbons (Fsp3) is 0.100. The topological polar surface area (TPSA) is 87.4 Å². The number of benzene rings is 3. The van der Waals surface area contributed by atoms with E-state index in [0.717, 1.165) is 33.1 Å². The summed E-state index contributed by atoms with van der Waals surface area (Å²) in [6, 6.07) is 27.6. The maximum absolute atomic E-state index is 13.0. The van der Waals surface area contributed by atoms with Crippen molar-refractivity contribution in [2.75, 3.05) is 4.90 Å². The number of aryl methyl sites for hydroxylation is 1. The molecule has 1 N–H and O–H groups in total. The van der Waals surface area contributed by atoms with E-state index in [4.69, 9.17) is 4.74 Å². The van der Waals surface area contributed by atoms with Crippen LogP contribution in [0.4, 0.5) is 10.5 Å². The quantitative estimate of drug-likeness (QED) is 0.281. The van der Waals surface area contributed by atoms with Crippen molar-refractivity contribution in [1.82, 2.24) is 9.88 Å². The van der Waals surface area contributed by atoms with Gasteiger partial charge in [0.1, 0.15) is 18.1 Å². The van der Waals surface area contributed by atoms with Gasteiger partial charge in [-0.2, -0.15) is 5.26 Å². The van der Waals surface area contributed by atoms with Crippen LogP contribution in [0, 0.1) is 25.2 Å². The molecular weight excluding hydrogens is 464 g/mol. The third-order valence-electron chi connectivity index (χ3n) is 6.29. The zero-order valence-corrected chi connectivity index (χ0v) is 20.4. The molecule has 1 aliphatic heterocycles. The number of ether oxygens (including phenoxy) is 1. The summed E-state index contributed by atoms with van der Waals surface area (Å²) in [7, 11) is 0. The smallest absolute Gasteiger partial charge is 0.333 e. The van der Waals surface area contributed by atoms with E-state index in [0.29, 0.717) is 23.6 Å². The number of amides is 3. The van der Waals surface area contributed by atoms with Crippen LogP contribution in [0.3, 0.4) is 0 Å². The second-order valence-corrected chi connectivity index (χ2v) is 8.68. The Morgan fingerprint density at radius 1 is 0.919 bits per heavy atom. The molecule has 1 fully saturated rings. The molecule has 37 heavy (non-hydrogen) atoms. The number of nitrogens with one attached hydrogen (secondary N) is 1. The molecule has 1 aromatic heterocycles. The van der Waals surface area contributed by atoms with E-state index in [1.165, 1.54) is 0 Å². The van der Waals surface area contributed by atoms with Gasteiger partial charge in [0.15, 0.2) is 0 Å². The van der Waals surface area contributed by atoms with Crippen LogP contribution in [-0.4, -0.2) is 16.5 Å². The van der Waals surface area contributed by atoms with E-state index in [9.17, 15) is 14.9 Å². The Hall–Kier alpha value is -5.09. The molecule has 5 rings (SSSR count). The van der Waals surface area contributed by atoms with Gasteiger partial charge in [-0.1, -0.05) is 36.4 Å². The summed E-state index contributed by atoms with van der Waals surface area (Å²) in [5.41, 5.74) is 5.89.